The van der Waals surface area contributed by atoms with Gasteiger partial charge in [-0.05, 0) is 12.8 Å². The van der Waals surface area contributed by atoms with Gasteiger partial charge in [0, 0.05) is 13.0 Å². The van der Waals surface area contributed by atoms with Gasteiger partial charge in [0.05, 0.1) is 12.7 Å². The van der Waals surface area contributed by atoms with Crippen LogP contribution in [0, 0.1) is 0 Å². The van der Waals surface area contributed by atoms with Crippen LogP contribution < -0.4 is 0 Å². The summed E-state index contributed by atoms with van der Waals surface area (Å²) in [5, 5.41) is 8.92. The van der Waals surface area contributed by atoms with Crippen LogP contribution in [-0.4, -0.2) is 22.8 Å². The second kappa shape index (κ2) is 3.89. The Morgan fingerprint density at radius 1 is 1.62 bits per heavy atom. The van der Waals surface area contributed by atoms with Gasteiger partial charge in [-0.3, -0.25) is 0 Å². The second-order valence-electron chi connectivity index (χ2n) is 3.22. The first kappa shape index (κ1) is 8.72. The van der Waals surface area contributed by atoms with E-state index in [0.29, 0.717) is 5.69 Å². The molecule has 0 aromatic carbocycles. The van der Waals surface area contributed by atoms with Crippen LogP contribution in [0.15, 0.2) is 10.8 Å². The highest BCUT2D eigenvalue weighted by Gasteiger charge is 2.19. The number of aromatic nitrogens is 1. The lowest BCUT2D eigenvalue weighted by Gasteiger charge is -2.06. The first-order valence-corrected chi connectivity index (χ1v) is 4.54. The van der Waals surface area contributed by atoms with E-state index in [-0.39, 0.29) is 12.7 Å². The number of oxazole rings is 1. The molecule has 72 valence electrons. The van der Waals surface area contributed by atoms with Crippen molar-refractivity contribution in [2.45, 2.75) is 32.0 Å². The lowest BCUT2D eigenvalue weighted by Crippen LogP contribution is -2.09. The smallest absolute Gasteiger partial charge is 0.181 e. The third kappa shape index (κ3) is 1.89. The first-order valence-electron chi connectivity index (χ1n) is 4.54. The summed E-state index contributed by atoms with van der Waals surface area (Å²) in [6.45, 7) is 0.784. The summed E-state index contributed by atoms with van der Waals surface area (Å²) in [6, 6.07) is 0. The third-order valence-corrected chi connectivity index (χ3v) is 2.31. The van der Waals surface area contributed by atoms with E-state index >= 15 is 0 Å². The number of nitrogens with zero attached hydrogens (tertiary/aromatic N) is 1. The van der Waals surface area contributed by atoms with Crippen molar-refractivity contribution in [3.8, 4) is 0 Å². The highest BCUT2D eigenvalue weighted by molar-refractivity contribution is 5.07. The molecule has 4 nitrogen and oxygen atoms in total. The molecule has 2 rings (SSSR count). The average Bonchev–Trinajstić information content (AvgIpc) is 2.76. The summed E-state index contributed by atoms with van der Waals surface area (Å²) in [7, 11) is 0. The second-order valence-corrected chi connectivity index (χ2v) is 3.22. The zero-order chi connectivity index (χ0) is 9.10. The number of aliphatic hydroxyl groups is 1. The van der Waals surface area contributed by atoms with Crippen LogP contribution in [-0.2, 0) is 17.8 Å². The highest BCUT2D eigenvalue weighted by atomic mass is 16.5. The maximum Gasteiger partial charge on any atom is 0.181 e. The Kier molecular flexibility index (Phi) is 2.61. The molecule has 1 N–H and O–H groups in total. The van der Waals surface area contributed by atoms with Crippen LogP contribution in [0.2, 0.25) is 0 Å². The standard InChI is InChI=1S/C9H13NO3/c11-5-8-9(13-6-10-8)4-7-2-1-3-12-7/h6-7,11H,1-5H2. The van der Waals surface area contributed by atoms with E-state index in [4.69, 9.17) is 14.3 Å². The van der Waals surface area contributed by atoms with Crippen LogP contribution in [0.25, 0.3) is 0 Å². The molecule has 1 aromatic rings. The highest BCUT2D eigenvalue weighted by Crippen LogP contribution is 2.18. The molecular formula is C9H13NO3. The summed E-state index contributed by atoms with van der Waals surface area (Å²) < 4.78 is 10.6. The largest absolute Gasteiger partial charge is 0.448 e. The van der Waals surface area contributed by atoms with Gasteiger partial charge < -0.3 is 14.3 Å². The number of aliphatic hydroxyl groups excluding tert-OH is 1. The molecule has 4 heteroatoms. The van der Waals surface area contributed by atoms with Crippen LogP contribution in [0.5, 0.6) is 0 Å². The first-order chi connectivity index (χ1) is 6.40. The minimum absolute atomic E-state index is 0.0570. The lowest BCUT2D eigenvalue weighted by atomic mass is 10.1. The van der Waals surface area contributed by atoms with E-state index in [9.17, 15) is 0 Å². The molecule has 1 aliphatic heterocycles. The van der Waals surface area contributed by atoms with Gasteiger partial charge in [-0.1, -0.05) is 0 Å². The zero-order valence-electron chi connectivity index (χ0n) is 7.40. The SMILES string of the molecule is OCc1ncoc1CC1CCCO1. The van der Waals surface area contributed by atoms with E-state index in [1.807, 2.05) is 0 Å². The van der Waals surface area contributed by atoms with Gasteiger partial charge in [0.1, 0.15) is 11.5 Å². The molecule has 0 bridgehead atoms. The van der Waals surface area contributed by atoms with E-state index in [2.05, 4.69) is 4.98 Å². The predicted octanol–water partition coefficient (Wildman–Crippen LogP) is 0.888. The molecule has 0 radical (unpaired) electrons. The van der Waals surface area contributed by atoms with E-state index in [1.165, 1.54) is 6.39 Å². The number of hydrogen-bond donors (Lipinski definition) is 1. The van der Waals surface area contributed by atoms with Crippen molar-refractivity contribution in [2.75, 3.05) is 6.61 Å². The van der Waals surface area contributed by atoms with Crippen molar-refractivity contribution in [2.24, 2.45) is 0 Å². The fourth-order valence-corrected chi connectivity index (χ4v) is 1.60. The Labute approximate surface area is 76.5 Å². The predicted molar refractivity (Wildman–Crippen MR) is 45.1 cm³/mol. The van der Waals surface area contributed by atoms with Gasteiger partial charge in [-0.2, -0.15) is 0 Å². The van der Waals surface area contributed by atoms with Gasteiger partial charge in [0.25, 0.3) is 0 Å². The maximum atomic E-state index is 8.92. The van der Waals surface area contributed by atoms with Crippen LogP contribution in [0.3, 0.4) is 0 Å². The van der Waals surface area contributed by atoms with Crippen molar-refractivity contribution in [3.05, 3.63) is 17.8 Å². The van der Waals surface area contributed by atoms with Crippen LogP contribution in [0.4, 0.5) is 0 Å². The Bertz CT molecular complexity index is 266. The summed E-state index contributed by atoms with van der Waals surface area (Å²) in [5.41, 5.74) is 0.635. The molecule has 1 aromatic heterocycles. The molecule has 0 aliphatic carbocycles. The lowest BCUT2D eigenvalue weighted by molar-refractivity contribution is 0.106. The Balaban J connectivity index is 1.99. The number of ether oxygens (including phenoxy) is 1. The quantitative estimate of drug-likeness (QED) is 0.756. The molecule has 1 saturated heterocycles. The van der Waals surface area contributed by atoms with Crippen molar-refractivity contribution >= 4 is 0 Å². The van der Waals surface area contributed by atoms with Crippen molar-refractivity contribution in [1.82, 2.24) is 4.98 Å². The minimum Gasteiger partial charge on any atom is -0.448 e. The van der Waals surface area contributed by atoms with Crippen molar-refractivity contribution < 1.29 is 14.3 Å². The molecule has 0 amide bonds. The molecule has 1 atom stereocenters. The summed E-state index contributed by atoms with van der Waals surface area (Å²) in [6.07, 6.45) is 4.54. The monoisotopic (exact) mass is 183 g/mol. The van der Waals surface area contributed by atoms with Gasteiger partial charge in [-0.25, -0.2) is 4.98 Å². The average molecular weight is 183 g/mol. The van der Waals surface area contributed by atoms with Crippen LogP contribution in [0.1, 0.15) is 24.3 Å². The Hall–Kier alpha value is -0.870. The zero-order valence-corrected chi connectivity index (χ0v) is 7.40. The van der Waals surface area contributed by atoms with Gasteiger partial charge in [-0.15, -0.1) is 0 Å². The third-order valence-electron chi connectivity index (χ3n) is 2.31. The summed E-state index contributed by atoms with van der Waals surface area (Å²) in [4.78, 5) is 3.90. The molecule has 1 unspecified atom stereocenters. The molecular weight excluding hydrogens is 170 g/mol. The fourth-order valence-electron chi connectivity index (χ4n) is 1.60. The minimum atomic E-state index is -0.0570. The molecule has 2 heterocycles. The molecule has 0 spiro atoms. The van der Waals surface area contributed by atoms with Gasteiger partial charge in [0.15, 0.2) is 6.39 Å². The molecule has 1 fully saturated rings. The van der Waals surface area contributed by atoms with E-state index in [1.54, 1.807) is 0 Å². The molecule has 13 heavy (non-hydrogen) atoms. The summed E-state index contributed by atoms with van der Waals surface area (Å²) >= 11 is 0. The molecule has 0 saturated carbocycles. The fraction of sp³-hybridized carbons (Fsp3) is 0.667. The van der Waals surface area contributed by atoms with Crippen LogP contribution >= 0.6 is 0 Å². The van der Waals surface area contributed by atoms with Gasteiger partial charge >= 0.3 is 0 Å². The van der Waals surface area contributed by atoms with E-state index in [0.717, 1.165) is 31.6 Å². The molecule has 1 aliphatic rings. The van der Waals surface area contributed by atoms with Crippen molar-refractivity contribution in [1.29, 1.82) is 0 Å². The number of hydrogen-bond acceptors (Lipinski definition) is 4. The van der Waals surface area contributed by atoms with Gasteiger partial charge in [0.2, 0.25) is 0 Å². The normalized spacial score (nSPS) is 22.4. The maximum absolute atomic E-state index is 8.92. The number of rotatable bonds is 3. The van der Waals surface area contributed by atoms with Crippen molar-refractivity contribution in [3.63, 3.8) is 0 Å². The summed E-state index contributed by atoms with van der Waals surface area (Å²) in [5.74, 6) is 0.759. The van der Waals surface area contributed by atoms with E-state index < -0.39 is 0 Å². The topological polar surface area (TPSA) is 55.5 Å². The Morgan fingerprint density at radius 2 is 2.54 bits per heavy atom. The Morgan fingerprint density at radius 3 is 3.23 bits per heavy atom.